The fourth-order valence-corrected chi connectivity index (χ4v) is 2.19. The second-order valence-corrected chi connectivity index (χ2v) is 4.83. The highest BCUT2D eigenvalue weighted by atomic mass is 16.4. The van der Waals surface area contributed by atoms with Crippen LogP contribution in [0.5, 0.6) is 0 Å². The third kappa shape index (κ3) is 2.70. The van der Waals surface area contributed by atoms with Crippen molar-refractivity contribution in [3.63, 3.8) is 0 Å². The second kappa shape index (κ2) is 5.30. The lowest BCUT2D eigenvalue weighted by Crippen LogP contribution is -2.54. The van der Waals surface area contributed by atoms with Crippen molar-refractivity contribution in [3.05, 3.63) is 29.3 Å². The Morgan fingerprint density at radius 3 is 2.68 bits per heavy atom. The van der Waals surface area contributed by atoms with E-state index in [1.165, 1.54) is 4.90 Å². The molecule has 0 aromatic heterocycles. The van der Waals surface area contributed by atoms with Gasteiger partial charge in [-0.2, -0.15) is 0 Å². The molecule has 0 saturated carbocycles. The molecule has 0 radical (unpaired) electrons. The van der Waals surface area contributed by atoms with Crippen molar-refractivity contribution in [1.29, 1.82) is 0 Å². The van der Waals surface area contributed by atoms with Gasteiger partial charge in [0.25, 0.3) is 0 Å². The van der Waals surface area contributed by atoms with Crippen LogP contribution in [0.4, 0.5) is 10.5 Å². The van der Waals surface area contributed by atoms with E-state index >= 15 is 0 Å². The standard InChI is InChI=1S/C14H18N2O3/c1-3-10-6-4-5-9(2)12(10)15-14(19)16-7-11(8-16)13(17)18/h4-6,11H,3,7-8H2,1-2H3,(H,15,19)(H,17,18). The number of aliphatic carboxylic acids is 1. The first-order chi connectivity index (χ1) is 9.02. The Balaban J connectivity index is 2.02. The molecule has 5 heteroatoms. The summed E-state index contributed by atoms with van der Waals surface area (Å²) in [6.07, 6.45) is 0.842. The molecule has 1 fully saturated rings. The Bertz CT molecular complexity index is 507. The Labute approximate surface area is 112 Å². The van der Waals surface area contributed by atoms with Crippen molar-refractivity contribution in [2.24, 2.45) is 5.92 Å². The van der Waals surface area contributed by atoms with Gasteiger partial charge < -0.3 is 15.3 Å². The van der Waals surface area contributed by atoms with E-state index in [1.54, 1.807) is 0 Å². The molecule has 5 nitrogen and oxygen atoms in total. The fourth-order valence-electron chi connectivity index (χ4n) is 2.19. The largest absolute Gasteiger partial charge is 0.481 e. The normalized spacial score (nSPS) is 14.9. The van der Waals surface area contributed by atoms with E-state index in [1.807, 2.05) is 32.0 Å². The highest BCUT2D eigenvalue weighted by Crippen LogP contribution is 2.23. The average molecular weight is 262 g/mol. The van der Waals surface area contributed by atoms with E-state index in [0.717, 1.165) is 23.2 Å². The van der Waals surface area contributed by atoms with E-state index in [0.29, 0.717) is 0 Å². The third-order valence-electron chi connectivity index (χ3n) is 3.49. The Morgan fingerprint density at radius 1 is 1.42 bits per heavy atom. The van der Waals surface area contributed by atoms with Crippen molar-refractivity contribution in [2.45, 2.75) is 20.3 Å². The summed E-state index contributed by atoms with van der Waals surface area (Å²) < 4.78 is 0. The summed E-state index contributed by atoms with van der Waals surface area (Å²) in [7, 11) is 0. The van der Waals surface area contributed by atoms with Crippen molar-refractivity contribution in [2.75, 3.05) is 18.4 Å². The van der Waals surface area contributed by atoms with Crippen LogP contribution in [0.3, 0.4) is 0 Å². The van der Waals surface area contributed by atoms with E-state index in [4.69, 9.17) is 5.11 Å². The molecule has 0 unspecified atom stereocenters. The summed E-state index contributed by atoms with van der Waals surface area (Å²) in [6.45, 7) is 4.56. The van der Waals surface area contributed by atoms with E-state index < -0.39 is 11.9 Å². The van der Waals surface area contributed by atoms with Gasteiger partial charge >= 0.3 is 12.0 Å². The number of nitrogens with zero attached hydrogens (tertiary/aromatic N) is 1. The molecule has 1 aliphatic rings. The lowest BCUT2D eigenvalue weighted by Gasteiger charge is -2.36. The zero-order valence-electron chi connectivity index (χ0n) is 11.1. The van der Waals surface area contributed by atoms with Crippen molar-refractivity contribution < 1.29 is 14.7 Å². The minimum atomic E-state index is -0.839. The van der Waals surface area contributed by atoms with Crippen molar-refractivity contribution >= 4 is 17.7 Å². The van der Waals surface area contributed by atoms with Gasteiger partial charge in [-0.05, 0) is 24.5 Å². The second-order valence-electron chi connectivity index (χ2n) is 4.83. The number of nitrogens with one attached hydrogen (secondary N) is 1. The van der Waals surface area contributed by atoms with Gasteiger partial charge in [0.05, 0.1) is 5.92 Å². The van der Waals surface area contributed by atoms with E-state index in [2.05, 4.69) is 5.32 Å². The zero-order valence-corrected chi connectivity index (χ0v) is 11.1. The van der Waals surface area contributed by atoms with Gasteiger partial charge in [-0.25, -0.2) is 4.79 Å². The molecule has 102 valence electrons. The number of carboxylic acids is 1. The maximum absolute atomic E-state index is 12.0. The number of hydrogen-bond donors (Lipinski definition) is 2. The molecule has 1 saturated heterocycles. The monoisotopic (exact) mass is 262 g/mol. The highest BCUT2D eigenvalue weighted by molar-refractivity contribution is 5.92. The van der Waals surface area contributed by atoms with Crippen LogP contribution in [0.2, 0.25) is 0 Å². The van der Waals surface area contributed by atoms with Crippen LogP contribution in [-0.2, 0) is 11.2 Å². The molecule has 2 amide bonds. The van der Waals surface area contributed by atoms with Gasteiger partial charge in [0, 0.05) is 18.8 Å². The predicted octanol–water partition coefficient (Wildman–Crippen LogP) is 2.11. The number of carboxylic acid groups (broad SMARTS) is 1. The Hall–Kier alpha value is -2.04. The fraction of sp³-hybridized carbons (Fsp3) is 0.429. The summed E-state index contributed by atoms with van der Waals surface area (Å²) in [4.78, 5) is 24.2. The predicted molar refractivity (Wildman–Crippen MR) is 72.3 cm³/mol. The number of urea groups is 1. The molecule has 19 heavy (non-hydrogen) atoms. The molecule has 0 spiro atoms. The Kier molecular flexibility index (Phi) is 3.74. The highest BCUT2D eigenvalue weighted by Gasteiger charge is 2.35. The van der Waals surface area contributed by atoms with Gasteiger partial charge in [-0.1, -0.05) is 25.1 Å². The van der Waals surface area contributed by atoms with Gasteiger partial charge in [-0.15, -0.1) is 0 Å². The van der Waals surface area contributed by atoms with Crippen LogP contribution < -0.4 is 5.32 Å². The number of carbonyl (C=O) groups excluding carboxylic acids is 1. The molecule has 2 rings (SSSR count). The molecule has 2 N–H and O–H groups in total. The van der Waals surface area contributed by atoms with Gasteiger partial charge in [0.15, 0.2) is 0 Å². The number of hydrogen-bond acceptors (Lipinski definition) is 2. The Morgan fingerprint density at radius 2 is 2.11 bits per heavy atom. The van der Waals surface area contributed by atoms with Gasteiger partial charge in [0.1, 0.15) is 0 Å². The average Bonchev–Trinajstić information content (AvgIpc) is 2.29. The molecular formula is C14H18N2O3. The number of likely N-dealkylation sites (tertiary alicyclic amines) is 1. The number of carbonyl (C=O) groups is 2. The number of aryl methyl sites for hydroxylation is 2. The lowest BCUT2D eigenvalue weighted by atomic mass is 10.0. The van der Waals surface area contributed by atoms with Crippen molar-refractivity contribution in [1.82, 2.24) is 4.90 Å². The van der Waals surface area contributed by atoms with Gasteiger partial charge in [0.2, 0.25) is 0 Å². The quantitative estimate of drug-likeness (QED) is 0.876. The first-order valence-corrected chi connectivity index (χ1v) is 6.40. The maximum Gasteiger partial charge on any atom is 0.321 e. The minimum Gasteiger partial charge on any atom is -0.481 e. The van der Waals surface area contributed by atoms with Gasteiger partial charge in [-0.3, -0.25) is 4.79 Å². The van der Waals surface area contributed by atoms with Crippen LogP contribution in [-0.4, -0.2) is 35.1 Å². The topological polar surface area (TPSA) is 69.6 Å². The van der Waals surface area contributed by atoms with Crippen LogP contribution in [0, 0.1) is 12.8 Å². The summed E-state index contributed by atoms with van der Waals surface area (Å²) in [5.74, 6) is -1.26. The first-order valence-electron chi connectivity index (χ1n) is 6.40. The molecule has 1 heterocycles. The van der Waals surface area contributed by atoms with Crippen LogP contribution in [0.1, 0.15) is 18.1 Å². The smallest absolute Gasteiger partial charge is 0.321 e. The molecule has 0 atom stereocenters. The van der Waals surface area contributed by atoms with Crippen LogP contribution >= 0.6 is 0 Å². The zero-order chi connectivity index (χ0) is 14.0. The summed E-state index contributed by atoms with van der Waals surface area (Å²) in [6, 6.07) is 5.68. The summed E-state index contributed by atoms with van der Waals surface area (Å²) in [5, 5.41) is 11.7. The molecular weight excluding hydrogens is 244 g/mol. The van der Waals surface area contributed by atoms with Crippen LogP contribution in [0.25, 0.3) is 0 Å². The number of para-hydroxylation sites is 1. The van der Waals surface area contributed by atoms with Crippen LogP contribution in [0.15, 0.2) is 18.2 Å². The number of amides is 2. The summed E-state index contributed by atoms with van der Waals surface area (Å²) in [5.41, 5.74) is 2.94. The third-order valence-corrected chi connectivity index (χ3v) is 3.49. The SMILES string of the molecule is CCc1cccc(C)c1NC(=O)N1CC(C(=O)O)C1. The number of rotatable bonds is 3. The molecule has 1 aromatic rings. The van der Waals surface area contributed by atoms with Crippen molar-refractivity contribution in [3.8, 4) is 0 Å². The molecule has 0 aliphatic carbocycles. The summed E-state index contributed by atoms with van der Waals surface area (Å²) >= 11 is 0. The molecule has 0 bridgehead atoms. The first kappa shape index (κ1) is 13.4. The number of benzene rings is 1. The minimum absolute atomic E-state index is 0.221. The lowest BCUT2D eigenvalue weighted by molar-refractivity contribution is -0.145. The molecule has 1 aromatic carbocycles. The maximum atomic E-state index is 12.0. The van der Waals surface area contributed by atoms with E-state index in [9.17, 15) is 9.59 Å². The molecule has 1 aliphatic heterocycles. The van der Waals surface area contributed by atoms with E-state index in [-0.39, 0.29) is 19.1 Å². The number of anilines is 1.